The first kappa shape index (κ1) is 26.3. The van der Waals surface area contributed by atoms with E-state index in [-0.39, 0.29) is 17.8 Å². The zero-order valence-corrected chi connectivity index (χ0v) is 20.1. The Bertz CT molecular complexity index is 932. The van der Waals surface area contributed by atoms with Gasteiger partial charge in [0.25, 0.3) is 11.8 Å². The molecule has 1 aliphatic rings. The summed E-state index contributed by atoms with van der Waals surface area (Å²) in [7, 11) is 0. The number of rotatable bonds is 11. The smallest absolute Gasteiger partial charge is 0.333 e. The van der Waals surface area contributed by atoms with Crippen molar-refractivity contribution in [1.29, 1.82) is 0 Å². The van der Waals surface area contributed by atoms with Crippen molar-refractivity contribution in [3.05, 3.63) is 59.7 Å². The van der Waals surface area contributed by atoms with E-state index in [9.17, 15) is 14.4 Å². The lowest BCUT2D eigenvalue weighted by atomic mass is 9.94. The van der Waals surface area contributed by atoms with Gasteiger partial charge in [0.15, 0.2) is 0 Å². The van der Waals surface area contributed by atoms with Crippen molar-refractivity contribution in [2.24, 2.45) is 0 Å². The topological polar surface area (TPSA) is 75.7 Å². The Morgan fingerprint density at radius 2 is 1.58 bits per heavy atom. The van der Waals surface area contributed by atoms with E-state index in [0.717, 1.165) is 49.4 Å². The Morgan fingerprint density at radius 1 is 0.939 bits per heavy atom. The van der Waals surface area contributed by atoms with Crippen LogP contribution in [0.4, 0.5) is 0 Å². The highest BCUT2D eigenvalue weighted by atomic mass is 16.5. The molecule has 0 saturated heterocycles. The van der Waals surface area contributed by atoms with E-state index in [1.54, 1.807) is 6.92 Å². The van der Waals surface area contributed by atoms with Crippen LogP contribution in [-0.4, -0.2) is 48.9 Å². The summed E-state index contributed by atoms with van der Waals surface area (Å²) >= 11 is 0. The number of carbonyl (C=O) groups excluding carboxylic acids is 3. The van der Waals surface area contributed by atoms with Crippen molar-refractivity contribution in [2.45, 2.75) is 52.9 Å². The van der Waals surface area contributed by atoms with Gasteiger partial charge < -0.3 is 10.1 Å². The highest BCUT2D eigenvalue weighted by Crippen LogP contribution is 2.30. The van der Waals surface area contributed by atoms with Crippen LogP contribution >= 0.6 is 0 Å². The van der Waals surface area contributed by atoms with Crippen molar-refractivity contribution >= 4 is 28.6 Å². The molecule has 1 aliphatic heterocycles. The lowest BCUT2D eigenvalue weighted by Gasteiger charge is -2.27. The first-order valence-electron chi connectivity index (χ1n) is 11.8. The number of hydrogen-bond donors (Lipinski definition) is 1. The molecule has 2 aromatic rings. The highest BCUT2D eigenvalue weighted by molar-refractivity contribution is 6.25. The van der Waals surface area contributed by atoms with Gasteiger partial charge in [0.1, 0.15) is 6.61 Å². The van der Waals surface area contributed by atoms with Crippen molar-refractivity contribution in [1.82, 2.24) is 10.2 Å². The van der Waals surface area contributed by atoms with Gasteiger partial charge >= 0.3 is 5.97 Å². The maximum Gasteiger partial charge on any atom is 0.333 e. The van der Waals surface area contributed by atoms with Gasteiger partial charge in [-0.25, -0.2) is 4.79 Å². The molecule has 2 amide bonds. The monoisotopic (exact) mass is 452 g/mol. The minimum atomic E-state index is -0.312. The minimum absolute atomic E-state index is 0.152. The second-order valence-electron chi connectivity index (χ2n) is 8.20. The average Bonchev–Trinajstić information content (AvgIpc) is 2.82. The molecule has 0 unspecified atom stereocenters. The predicted molar refractivity (Wildman–Crippen MR) is 132 cm³/mol. The summed E-state index contributed by atoms with van der Waals surface area (Å²) in [4.78, 5) is 37.4. The number of carbonyl (C=O) groups is 3. The Labute approximate surface area is 197 Å². The van der Waals surface area contributed by atoms with Crippen molar-refractivity contribution in [3.63, 3.8) is 0 Å². The zero-order valence-electron chi connectivity index (χ0n) is 20.1. The molecule has 178 valence electrons. The summed E-state index contributed by atoms with van der Waals surface area (Å²) in [6.07, 6.45) is 5.31. The molecular formula is C27H36N2O4. The quantitative estimate of drug-likeness (QED) is 0.222. The Hall–Kier alpha value is -2.99. The number of unbranched alkanes of at least 4 members (excludes halogenated alkanes) is 3. The second-order valence-corrected chi connectivity index (χ2v) is 8.20. The van der Waals surface area contributed by atoms with Gasteiger partial charge in [-0.2, -0.15) is 0 Å². The number of nitrogens with zero attached hydrogens (tertiary/aromatic N) is 1. The first-order chi connectivity index (χ1) is 15.9. The molecular weight excluding hydrogens is 416 g/mol. The number of amides is 2. The number of hydrogen-bond acceptors (Lipinski definition) is 5. The summed E-state index contributed by atoms with van der Waals surface area (Å²) < 4.78 is 4.85. The number of imide groups is 1. The van der Waals surface area contributed by atoms with Gasteiger partial charge in [-0.3, -0.25) is 14.5 Å². The number of esters is 1. The van der Waals surface area contributed by atoms with E-state index in [2.05, 4.69) is 25.7 Å². The second kappa shape index (κ2) is 13.5. The van der Waals surface area contributed by atoms with Gasteiger partial charge in [-0.05, 0) is 43.8 Å². The largest absolute Gasteiger partial charge is 0.461 e. The predicted octanol–water partition coefficient (Wildman–Crippen LogP) is 5.12. The lowest BCUT2D eigenvalue weighted by molar-refractivity contribution is -0.138. The molecule has 33 heavy (non-hydrogen) atoms. The molecule has 0 aliphatic carbocycles. The van der Waals surface area contributed by atoms with E-state index in [0.29, 0.717) is 36.4 Å². The molecule has 1 N–H and O–H groups in total. The summed E-state index contributed by atoms with van der Waals surface area (Å²) in [5.74, 6) is -0.616. The van der Waals surface area contributed by atoms with Crippen LogP contribution in [-0.2, 0) is 9.53 Å². The molecule has 0 radical (unpaired) electrons. The third-order valence-electron chi connectivity index (χ3n) is 5.38. The molecule has 0 fully saturated rings. The normalized spacial score (nSPS) is 12.4. The Morgan fingerprint density at radius 3 is 2.12 bits per heavy atom. The van der Waals surface area contributed by atoms with E-state index < -0.39 is 0 Å². The fourth-order valence-corrected chi connectivity index (χ4v) is 3.62. The van der Waals surface area contributed by atoms with Crippen LogP contribution in [0.25, 0.3) is 10.8 Å². The molecule has 6 nitrogen and oxygen atoms in total. The fourth-order valence-electron chi connectivity index (χ4n) is 3.62. The summed E-state index contributed by atoms with van der Waals surface area (Å²) in [5.41, 5.74) is 1.75. The van der Waals surface area contributed by atoms with Crippen LogP contribution in [0, 0.1) is 0 Å². The fraction of sp³-hybridized carbons (Fsp3) is 0.444. The number of ether oxygens (including phenoxy) is 1. The molecule has 3 rings (SSSR count). The third-order valence-corrected chi connectivity index (χ3v) is 5.38. The van der Waals surface area contributed by atoms with Crippen LogP contribution in [0.5, 0.6) is 0 Å². The van der Waals surface area contributed by atoms with Crippen LogP contribution in [0.1, 0.15) is 73.6 Å². The van der Waals surface area contributed by atoms with Crippen LogP contribution in [0.15, 0.2) is 48.6 Å². The maximum absolute atomic E-state index is 12.6. The average molecular weight is 453 g/mol. The van der Waals surface area contributed by atoms with Gasteiger partial charge in [-0.1, -0.05) is 64.0 Å². The Balaban J connectivity index is 0.000000277. The Kier molecular flexibility index (Phi) is 10.8. The molecule has 0 atom stereocenters. The highest BCUT2D eigenvalue weighted by Gasteiger charge is 2.31. The number of benzene rings is 2. The molecule has 1 heterocycles. The summed E-state index contributed by atoms with van der Waals surface area (Å²) in [6.45, 7) is 12.0. The van der Waals surface area contributed by atoms with Gasteiger partial charge in [0, 0.05) is 35.2 Å². The van der Waals surface area contributed by atoms with Gasteiger partial charge in [-0.15, -0.1) is 0 Å². The van der Waals surface area contributed by atoms with Gasteiger partial charge in [0.2, 0.25) is 0 Å². The van der Waals surface area contributed by atoms with Crippen molar-refractivity contribution < 1.29 is 19.1 Å². The molecule has 0 saturated carbocycles. The maximum atomic E-state index is 12.6. The lowest BCUT2D eigenvalue weighted by Crippen LogP contribution is -2.40. The molecule has 6 heteroatoms. The van der Waals surface area contributed by atoms with Crippen molar-refractivity contribution in [3.8, 4) is 0 Å². The SMILES string of the molecule is C=C(C)C(=O)OCCNCCC.CCCCCCN1C(=O)c2cccc3cccc(c23)C1=O. The minimum Gasteiger partial charge on any atom is -0.461 e. The van der Waals surface area contributed by atoms with E-state index in [4.69, 9.17) is 4.74 Å². The number of nitrogens with one attached hydrogen (secondary N) is 1. The van der Waals surface area contributed by atoms with E-state index in [1.165, 1.54) is 4.90 Å². The molecule has 0 bridgehead atoms. The third kappa shape index (κ3) is 7.26. The van der Waals surface area contributed by atoms with Crippen LogP contribution < -0.4 is 5.32 Å². The zero-order chi connectivity index (χ0) is 24.2. The molecule has 0 spiro atoms. The summed E-state index contributed by atoms with van der Waals surface area (Å²) in [5, 5.41) is 4.88. The van der Waals surface area contributed by atoms with Crippen molar-refractivity contribution in [2.75, 3.05) is 26.2 Å². The molecule has 2 aromatic carbocycles. The van der Waals surface area contributed by atoms with Crippen LogP contribution in [0.3, 0.4) is 0 Å². The van der Waals surface area contributed by atoms with Gasteiger partial charge in [0.05, 0.1) is 0 Å². The first-order valence-corrected chi connectivity index (χ1v) is 11.8. The molecule has 0 aromatic heterocycles. The van der Waals surface area contributed by atoms with Crippen LogP contribution in [0.2, 0.25) is 0 Å². The summed E-state index contributed by atoms with van der Waals surface area (Å²) in [6, 6.07) is 11.3. The standard InChI is InChI=1S/C18H19NO2.C9H17NO2/c1-2-3-4-5-12-19-17(20)14-10-6-8-13-9-7-11-15(16(13)14)18(19)21;1-4-5-10-6-7-12-9(11)8(2)3/h6-11H,2-5,12H2,1H3;10H,2,4-7H2,1,3H3. The van der Waals surface area contributed by atoms with E-state index >= 15 is 0 Å². The van der Waals surface area contributed by atoms with E-state index in [1.807, 2.05) is 36.4 Å².